The summed E-state index contributed by atoms with van der Waals surface area (Å²) in [6.07, 6.45) is 0. The van der Waals surface area contributed by atoms with E-state index in [1.54, 1.807) is 0 Å². The van der Waals surface area contributed by atoms with Crippen molar-refractivity contribution >= 4 is 58.8 Å². The third kappa shape index (κ3) is 2.95. The van der Waals surface area contributed by atoms with Gasteiger partial charge in [-0.2, -0.15) is 0 Å². The molecule has 3 aromatic heterocycles. The summed E-state index contributed by atoms with van der Waals surface area (Å²) in [5, 5.41) is 15.7. The van der Waals surface area contributed by atoms with E-state index >= 15 is 0 Å². The zero-order chi connectivity index (χ0) is 25.4. The summed E-state index contributed by atoms with van der Waals surface area (Å²) in [6, 6.07) is 37.0. The van der Waals surface area contributed by atoms with Gasteiger partial charge in [0.1, 0.15) is 0 Å². The molecule has 5 aromatic carbocycles. The summed E-state index contributed by atoms with van der Waals surface area (Å²) in [6.45, 7) is 4.40. The van der Waals surface area contributed by atoms with Gasteiger partial charge in [-0.05, 0) is 59.7 Å². The highest BCUT2D eigenvalue weighted by Gasteiger charge is 2.19. The first kappa shape index (κ1) is 21.5. The van der Waals surface area contributed by atoms with Crippen molar-refractivity contribution in [3.63, 3.8) is 0 Å². The van der Waals surface area contributed by atoms with Crippen LogP contribution in [0.3, 0.4) is 0 Å². The molecule has 8 aromatic rings. The van der Waals surface area contributed by atoms with E-state index in [1.165, 1.54) is 53.2 Å². The van der Waals surface area contributed by atoms with Gasteiger partial charge in [0.25, 0.3) is 0 Å². The standard InChI is InChI=1S/C34H23N3S/c1-20-19-29(21(2)18-28(20)26-15-9-14-25-24-12-6-8-17-31(24)38-32(25)26)34-36-35-33-27-13-4-3-10-22(27)23-11-5-7-16-30(23)37(33)34/h3-19H,1-2H3. The van der Waals surface area contributed by atoms with Gasteiger partial charge in [-0.25, -0.2) is 0 Å². The molecule has 0 aliphatic rings. The highest BCUT2D eigenvalue weighted by atomic mass is 32.1. The molecule has 0 N–H and O–H groups in total. The van der Waals surface area contributed by atoms with Crippen LogP contribution >= 0.6 is 11.3 Å². The Hall–Kier alpha value is -4.54. The molecule has 0 spiro atoms. The summed E-state index contributed by atoms with van der Waals surface area (Å²) in [5.74, 6) is 0.883. The normalized spacial score (nSPS) is 11.9. The largest absolute Gasteiger partial charge is 0.274 e. The average molecular weight is 506 g/mol. The van der Waals surface area contributed by atoms with E-state index in [0.29, 0.717) is 0 Å². The van der Waals surface area contributed by atoms with Gasteiger partial charge >= 0.3 is 0 Å². The first-order valence-corrected chi connectivity index (χ1v) is 13.7. The molecule has 0 radical (unpaired) electrons. The number of hydrogen-bond acceptors (Lipinski definition) is 3. The molecule has 0 unspecified atom stereocenters. The van der Waals surface area contributed by atoms with Gasteiger partial charge < -0.3 is 0 Å². The Morgan fingerprint density at radius 2 is 1.21 bits per heavy atom. The lowest BCUT2D eigenvalue weighted by Crippen LogP contribution is -1.97. The molecule has 0 bridgehead atoms. The highest BCUT2D eigenvalue weighted by molar-refractivity contribution is 7.26. The van der Waals surface area contributed by atoms with Gasteiger partial charge in [0.2, 0.25) is 0 Å². The van der Waals surface area contributed by atoms with Gasteiger partial charge in [-0.1, -0.05) is 84.9 Å². The second-order valence-electron chi connectivity index (χ2n) is 10.0. The molecule has 4 heteroatoms. The molecule has 180 valence electrons. The van der Waals surface area contributed by atoms with Crippen LogP contribution in [-0.2, 0) is 0 Å². The van der Waals surface area contributed by atoms with Crippen molar-refractivity contribution in [1.29, 1.82) is 0 Å². The molecule has 0 fully saturated rings. The van der Waals surface area contributed by atoms with Crippen LogP contribution in [0.4, 0.5) is 0 Å². The van der Waals surface area contributed by atoms with Crippen molar-refractivity contribution in [1.82, 2.24) is 14.6 Å². The van der Waals surface area contributed by atoms with Crippen LogP contribution in [0.25, 0.3) is 70.0 Å². The zero-order valence-electron chi connectivity index (χ0n) is 21.1. The summed E-state index contributed by atoms with van der Waals surface area (Å²) in [7, 11) is 0. The Bertz CT molecular complexity index is 2220. The Morgan fingerprint density at radius 1 is 0.553 bits per heavy atom. The minimum atomic E-state index is 0.883. The fraction of sp³-hybridized carbons (Fsp3) is 0.0588. The van der Waals surface area contributed by atoms with Crippen molar-refractivity contribution in [2.24, 2.45) is 0 Å². The van der Waals surface area contributed by atoms with Gasteiger partial charge in [0, 0.05) is 36.5 Å². The number of hydrogen-bond donors (Lipinski definition) is 0. The van der Waals surface area contributed by atoms with E-state index in [2.05, 4.69) is 121 Å². The van der Waals surface area contributed by atoms with Crippen LogP contribution in [0.1, 0.15) is 11.1 Å². The van der Waals surface area contributed by atoms with E-state index in [1.807, 2.05) is 11.3 Å². The Balaban J connectivity index is 1.38. The molecule has 0 saturated heterocycles. The second-order valence-corrected chi connectivity index (χ2v) is 11.1. The number of fused-ring (bicyclic) bond motifs is 9. The van der Waals surface area contributed by atoms with Crippen LogP contribution in [0.2, 0.25) is 0 Å². The third-order valence-electron chi connectivity index (χ3n) is 7.77. The number of nitrogens with zero attached hydrogens (tertiary/aromatic N) is 3. The maximum Gasteiger partial charge on any atom is 0.169 e. The number of aryl methyl sites for hydroxylation is 2. The van der Waals surface area contributed by atoms with Crippen LogP contribution in [0, 0.1) is 13.8 Å². The van der Waals surface area contributed by atoms with Crippen molar-refractivity contribution in [3.8, 4) is 22.5 Å². The highest BCUT2D eigenvalue weighted by Crippen LogP contribution is 2.42. The molecular weight excluding hydrogens is 482 g/mol. The number of para-hydroxylation sites is 1. The quantitative estimate of drug-likeness (QED) is 0.219. The molecule has 3 nitrogen and oxygen atoms in total. The second kappa shape index (κ2) is 7.98. The molecular formula is C34H23N3S. The van der Waals surface area contributed by atoms with E-state index in [-0.39, 0.29) is 0 Å². The Kier molecular flexibility index (Phi) is 4.52. The smallest absolute Gasteiger partial charge is 0.169 e. The first-order chi connectivity index (χ1) is 18.7. The van der Waals surface area contributed by atoms with Crippen LogP contribution in [-0.4, -0.2) is 14.6 Å². The van der Waals surface area contributed by atoms with Crippen molar-refractivity contribution in [2.45, 2.75) is 13.8 Å². The fourth-order valence-electron chi connectivity index (χ4n) is 5.98. The SMILES string of the molecule is Cc1cc(-c2nnc3c4ccccc4c4ccccc4n23)c(C)cc1-c1cccc2c1sc1ccccc12. The van der Waals surface area contributed by atoms with Crippen molar-refractivity contribution < 1.29 is 0 Å². The Labute approximate surface area is 223 Å². The molecule has 3 heterocycles. The summed E-state index contributed by atoms with van der Waals surface area (Å²) in [4.78, 5) is 0. The predicted molar refractivity (Wildman–Crippen MR) is 161 cm³/mol. The number of rotatable bonds is 2. The molecule has 0 aliphatic heterocycles. The lowest BCUT2D eigenvalue weighted by molar-refractivity contribution is 1.11. The maximum absolute atomic E-state index is 4.76. The minimum absolute atomic E-state index is 0.883. The minimum Gasteiger partial charge on any atom is -0.274 e. The van der Waals surface area contributed by atoms with Gasteiger partial charge in [0.15, 0.2) is 11.5 Å². The average Bonchev–Trinajstić information content (AvgIpc) is 3.57. The van der Waals surface area contributed by atoms with Gasteiger partial charge in [-0.15, -0.1) is 21.5 Å². The molecule has 0 atom stereocenters. The molecule has 0 saturated carbocycles. The van der Waals surface area contributed by atoms with Gasteiger partial charge in [0.05, 0.1) is 5.52 Å². The number of aromatic nitrogens is 3. The monoisotopic (exact) mass is 505 g/mol. The van der Waals surface area contributed by atoms with Crippen molar-refractivity contribution in [3.05, 3.63) is 114 Å². The lowest BCUT2D eigenvalue weighted by atomic mass is 9.93. The molecule has 38 heavy (non-hydrogen) atoms. The maximum atomic E-state index is 4.76. The summed E-state index contributed by atoms with van der Waals surface area (Å²) >= 11 is 1.88. The fourth-order valence-corrected chi connectivity index (χ4v) is 7.21. The number of pyridine rings is 1. The molecule has 0 aliphatic carbocycles. The third-order valence-corrected chi connectivity index (χ3v) is 8.99. The van der Waals surface area contributed by atoms with Crippen molar-refractivity contribution in [2.75, 3.05) is 0 Å². The summed E-state index contributed by atoms with van der Waals surface area (Å²) in [5.41, 5.74) is 8.11. The van der Waals surface area contributed by atoms with Crippen LogP contribution < -0.4 is 0 Å². The number of benzene rings is 5. The van der Waals surface area contributed by atoms with E-state index in [4.69, 9.17) is 10.2 Å². The molecule has 0 amide bonds. The predicted octanol–water partition coefficient (Wildman–Crippen LogP) is 9.35. The van der Waals surface area contributed by atoms with E-state index in [0.717, 1.165) is 27.9 Å². The number of thiophene rings is 1. The van der Waals surface area contributed by atoms with Crippen LogP contribution in [0.5, 0.6) is 0 Å². The first-order valence-electron chi connectivity index (χ1n) is 12.9. The Morgan fingerprint density at radius 3 is 2.08 bits per heavy atom. The molecule has 8 rings (SSSR count). The topological polar surface area (TPSA) is 30.2 Å². The van der Waals surface area contributed by atoms with Gasteiger partial charge in [-0.3, -0.25) is 4.40 Å². The van der Waals surface area contributed by atoms with Crippen LogP contribution in [0.15, 0.2) is 103 Å². The van der Waals surface area contributed by atoms with E-state index < -0.39 is 0 Å². The van der Waals surface area contributed by atoms with E-state index in [9.17, 15) is 0 Å². The lowest BCUT2D eigenvalue weighted by Gasteiger charge is -2.14. The zero-order valence-corrected chi connectivity index (χ0v) is 21.9. The summed E-state index contributed by atoms with van der Waals surface area (Å²) < 4.78 is 4.90.